The summed E-state index contributed by atoms with van der Waals surface area (Å²) in [5, 5.41) is 10.9. The Bertz CT molecular complexity index is 901. The van der Waals surface area contributed by atoms with Crippen LogP contribution >= 0.6 is 0 Å². The number of guanidine groups is 1. The van der Waals surface area contributed by atoms with Gasteiger partial charge < -0.3 is 15.4 Å². The number of aryl methyl sites for hydroxylation is 1. The minimum atomic E-state index is 0.689. The minimum Gasteiger partial charge on any atom is -0.496 e. The van der Waals surface area contributed by atoms with Crippen LogP contribution in [-0.2, 0) is 13.0 Å². The molecule has 0 bridgehead atoms. The topological polar surface area (TPSA) is 63.5 Å². The molecule has 2 N–H and O–H groups in total. The Kier molecular flexibility index (Phi) is 6.68. The molecule has 0 aliphatic heterocycles. The molecule has 28 heavy (non-hydrogen) atoms. The third-order valence-electron chi connectivity index (χ3n) is 4.57. The Morgan fingerprint density at radius 3 is 2.57 bits per heavy atom. The van der Waals surface area contributed by atoms with E-state index in [9.17, 15) is 0 Å². The second-order valence-electron chi connectivity index (χ2n) is 6.52. The maximum absolute atomic E-state index is 5.39. The van der Waals surface area contributed by atoms with E-state index in [-0.39, 0.29) is 0 Å². The van der Waals surface area contributed by atoms with Crippen LogP contribution in [0, 0.1) is 6.92 Å². The van der Waals surface area contributed by atoms with E-state index in [1.54, 1.807) is 20.4 Å². The fraction of sp³-hybridized carbons (Fsp3) is 0.273. The number of benzene rings is 2. The van der Waals surface area contributed by atoms with Gasteiger partial charge in [0.15, 0.2) is 5.96 Å². The lowest BCUT2D eigenvalue weighted by Crippen LogP contribution is -2.37. The first-order valence-corrected chi connectivity index (χ1v) is 9.36. The van der Waals surface area contributed by atoms with Gasteiger partial charge in [0.1, 0.15) is 5.75 Å². The molecule has 3 aromatic rings. The molecule has 0 spiro atoms. The number of rotatable bonds is 7. The molecular formula is C22H27N5O. The highest BCUT2D eigenvalue weighted by atomic mass is 16.5. The highest BCUT2D eigenvalue weighted by molar-refractivity contribution is 5.79. The first-order valence-electron chi connectivity index (χ1n) is 9.36. The van der Waals surface area contributed by atoms with Gasteiger partial charge in [-0.25, -0.2) is 4.68 Å². The van der Waals surface area contributed by atoms with Crippen molar-refractivity contribution in [2.45, 2.75) is 19.9 Å². The van der Waals surface area contributed by atoms with Crippen LogP contribution in [0.15, 0.2) is 65.9 Å². The van der Waals surface area contributed by atoms with Crippen molar-refractivity contribution in [3.63, 3.8) is 0 Å². The van der Waals surface area contributed by atoms with Crippen molar-refractivity contribution < 1.29 is 4.74 Å². The molecule has 0 unspecified atom stereocenters. The average molecular weight is 377 g/mol. The second-order valence-corrected chi connectivity index (χ2v) is 6.52. The molecule has 1 aromatic heterocycles. The molecule has 1 heterocycles. The molecule has 0 saturated heterocycles. The van der Waals surface area contributed by atoms with E-state index in [1.165, 1.54) is 5.56 Å². The summed E-state index contributed by atoms with van der Waals surface area (Å²) in [4.78, 5) is 4.29. The number of ether oxygens (including phenoxy) is 1. The van der Waals surface area contributed by atoms with Gasteiger partial charge in [0.05, 0.1) is 12.8 Å². The third-order valence-corrected chi connectivity index (χ3v) is 4.57. The van der Waals surface area contributed by atoms with Crippen molar-refractivity contribution in [2.24, 2.45) is 4.99 Å². The fourth-order valence-electron chi connectivity index (χ4n) is 2.94. The van der Waals surface area contributed by atoms with Gasteiger partial charge in [0.2, 0.25) is 0 Å². The summed E-state index contributed by atoms with van der Waals surface area (Å²) in [6, 6.07) is 16.6. The van der Waals surface area contributed by atoms with Crippen molar-refractivity contribution in [2.75, 3.05) is 20.7 Å². The molecular weight excluding hydrogens is 350 g/mol. The van der Waals surface area contributed by atoms with Crippen LogP contribution in [0.1, 0.15) is 16.7 Å². The maximum atomic E-state index is 5.39. The Hall–Kier alpha value is -3.28. The van der Waals surface area contributed by atoms with Crippen LogP contribution in [0.5, 0.6) is 5.75 Å². The zero-order chi connectivity index (χ0) is 19.8. The van der Waals surface area contributed by atoms with E-state index in [2.05, 4.69) is 63.2 Å². The third kappa shape index (κ3) is 5.13. The van der Waals surface area contributed by atoms with Crippen LogP contribution in [0.2, 0.25) is 0 Å². The Balaban J connectivity index is 1.46. The predicted octanol–water partition coefficient (Wildman–Crippen LogP) is 3.10. The van der Waals surface area contributed by atoms with Crippen LogP contribution < -0.4 is 15.4 Å². The van der Waals surface area contributed by atoms with E-state index in [0.717, 1.165) is 41.5 Å². The van der Waals surface area contributed by atoms with Gasteiger partial charge in [-0.05, 0) is 54.3 Å². The molecule has 0 amide bonds. The van der Waals surface area contributed by atoms with E-state index < -0.39 is 0 Å². The minimum absolute atomic E-state index is 0.689. The van der Waals surface area contributed by atoms with Crippen LogP contribution in [0.3, 0.4) is 0 Å². The molecule has 0 radical (unpaired) electrons. The summed E-state index contributed by atoms with van der Waals surface area (Å²) >= 11 is 0. The van der Waals surface area contributed by atoms with Gasteiger partial charge in [0.25, 0.3) is 0 Å². The van der Waals surface area contributed by atoms with Gasteiger partial charge >= 0.3 is 0 Å². The van der Waals surface area contributed by atoms with Gasteiger partial charge in [-0.15, -0.1) is 0 Å². The van der Waals surface area contributed by atoms with E-state index in [1.807, 2.05) is 23.9 Å². The first kappa shape index (κ1) is 19.5. The molecule has 0 fully saturated rings. The van der Waals surface area contributed by atoms with Gasteiger partial charge in [-0.2, -0.15) is 5.10 Å². The van der Waals surface area contributed by atoms with Crippen molar-refractivity contribution in [1.82, 2.24) is 20.4 Å². The van der Waals surface area contributed by atoms with Crippen molar-refractivity contribution in [3.8, 4) is 11.4 Å². The predicted molar refractivity (Wildman–Crippen MR) is 113 cm³/mol. The number of nitrogens with zero attached hydrogens (tertiary/aromatic N) is 3. The van der Waals surface area contributed by atoms with Gasteiger partial charge in [-0.3, -0.25) is 4.99 Å². The van der Waals surface area contributed by atoms with Crippen molar-refractivity contribution in [1.29, 1.82) is 0 Å². The molecule has 146 valence electrons. The Morgan fingerprint density at radius 2 is 1.89 bits per heavy atom. The summed E-state index contributed by atoms with van der Waals surface area (Å²) in [6.07, 6.45) is 4.64. The SMILES string of the molecule is CN=C(NCCc1ccc(-n2cccn2)cc1)NCc1ccc(C)c(OC)c1. The summed E-state index contributed by atoms with van der Waals surface area (Å²) in [6.45, 7) is 3.53. The number of aromatic nitrogens is 2. The smallest absolute Gasteiger partial charge is 0.191 e. The maximum Gasteiger partial charge on any atom is 0.191 e. The quantitative estimate of drug-likeness (QED) is 0.491. The molecule has 0 aliphatic carbocycles. The number of hydrogen-bond donors (Lipinski definition) is 2. The van der Waals surface area contributed by atoms with Crippen molar-refractivity contribution in [3.05, 3.63) is 77.6 Å². The Labute approximate surface area is 166 Å². The van der Waals surface area contributed by atoms with Crippen LogP contribution in [0.4, 0.5) is 0 Å². The van der Waals surface area contributed by atoms with E-state index in [0.29, 0.717) is 6.54 Å². The lowest BCUT2D eigenvalue weighted by Gasteiger charge is -2.13. The summed E-state index contributed by atoms with van der Waals surface area (Å²) in [7, 11) is 3.48. The van der Waals surface area contributed by atoms with Crippen molar-refractivity contribution >= 4 is 5.96 Å². The lowest BCUT2D eigenvalue weighted by molar-refractivity contribution is 0.411. The largest absolute Gasteiger partial charge is 0.496 e. The normalized spacial score (nSPS) is 11.3. The molecule has 3 rings (SSSR count). The zero-order valence-electron chi connectivity index (χ0n) is 16.6. The highest BCUT2D eigenvalue weighted by Crippen LogP contribution is 2.18. The zero-order valence-corrected chi connectivity index (χ0v) is 16.6. The number of methoxy groups -OCH3 is 1. The molecule has 2 aromatic carbocycles. The molecule has 6 nitrogen and oxygen atoms in total. The number of nitrogens with one attached hydrogen (secondary N) is 2. The first-order chi connectivity index (χ1) is 13.7. The van der Waals surface area contributed by atoms with E-state index in [4.69, 9.17) is 4.74 Å². The summed E-state index contributed by atoms with van der Waals surface area (Å²) < 4.78 is 7.24. The summed E-state index contributed by atoms with van der Waals surface area (Å²) in [5.74, 6) is 1.69. The van der Waals surface area contributed by atoms with Gasteiger partial charge in [0, 0.05) is 32.5 Å². The lowest BCUT2D eigenvalue weighted by atomic mass is 10.1. The van der Waals surface area contributed by atoms with Crippen LogP contribution in [0.25, 0.3) is 5.69 Å². The molecule has 6 heteroatoms. The molecule has 0 saturated carbocycles. The Morgan fingerprint density at radius 1 is 1.11 bits per heavy atom. The fourth-order valence-corrected chi connectivity index (χ4v) is 2.94. The molecule has 0 atom stereocenters. The standard InChI is InChI=1S/C22H27N5O/c1-17-5-6-19(15-21(17)28-3)16-25-22(23-2)24-13-11-18-7-9-20(10-8-18)27-14-4-12-26-27/h4-10,12,14-15H,11,13,16H2,1-3H3,(H2,23,24,25). The summed E-state index contributed by atoms with van der Waals surface area (Å²) in [5.41, 5.74) is 4.61. The number of aliphatic imine (C=N–C) groups is 1. The average Bonchev–Trinajstić information content (AvgIpc) is 3.27. The highest BCUT2D eigenvalue weighted by Gasteiger charge is 2.03. The number of hydrogen-bond acceptors (Lipinski definition) is 3. The van der Waals surface area contributed by atoms with Crippen LogP contribution in [-0.4, -0.2) is 36.4 Å². The monoisotopic (exact) mass is 377 g/mol. The molecule has 0 aliphatic rings. The second kappa shape index (κ2) is 9.60. The van der Waals surface area contributed by atoms with E-state index >= 15 is 0 Å². The van der Waals surface area contributed by atoms with Gasteiger partial charge in [-0.1, -0.05) is 24.3 Å².